The van der Waals surface area contributed by atoms with Crippen LogP contribution >= 0.6 is 11.6 Å². The summed E-state index contributed by atoms with van der Waals surface area (Å²) in [5, 5.41) is 0.458. The molecule has 2 aliphatic heterocycles. The lowest BCUT2D eigenvalue weighted by molar-refractivity contribution is 0.0940. The van der Waals surface area contributed by atoms with E-state index in [9.17, 15) is 13.2 Å². The molecule has 1 atom stereocenters. The number of fused-ring (bicyclic) bond motifs is 1. The number of halogens is 1. The third-order valence-electron chi connectivity index (χ3n) is 7.04. The van der Waals surface area contributed by atoms with E-state index in [-0.39, 0.29) is 11.5 Å². The van der Waals surface area contributed by atoms with Crippen LogP contribution in [0.5, 0.6) is 5.75 Å². The predicted octanol–water partition coefficient (Wildman–Crippen LogP) is 4.82. The van der Waals surface area contributed by atoms with Crippen LogP contribution in [0.4, 0.5) is 16.2 Å². The molecule has 1 amide bonds. The van der Waals surface area contributed by atoms with Crippen molar-refractivity contribution < 1.29 is 22.7 Å². The van der Waals surface area contributed by atoms with E-state index < -0.39 is 22.2 Å². The fourth-order valence-electron chi connectivity index (χ4n) is 5.05. The summed E-state index contributed by atoms with van der Waals surface area (Å²) in [6.45, 7) is 2.24. The zero-order chi connectivity index (χ0) is 26.7. The van der Waals surface area contributed by atoms with Gasteiger partial charge in [-0.15, -0.1) is 0 Å². The Bertz CT molecular complexity index is 1390. The van der Waals surface area contributed by atoms with Gasteiger partial charge in [-0.05, 0) is 60.9 Å². The van der Waals surface area contributed by atoms with Crippen LogP contribution in [0.25, 0.3) is 0 Å². The Morgan fingerprint density at radius 1 is 0.921 bits per heavy atom. The average molecular weight is 556 g/mol. The second kappa shape index (κ2) is 11.1. The van der Waals surface area contributed by atoms with Crippen LogP contribution in [0.2, 0.25) is 5.02 Å². The van der Waals surface area contributed by atoms with Crippen LogP contribution in [0.1, 0.15) is 12.0 Å². The Balaban J connectivity index is 1.28. The average Bonchev–Trinajstić information content (AvgIpc) is 2.95. The molecule has 38 heavy (non-hydrogen) atoms. The largest absolute Gasteiger partial charge is 0.495 e. The summed E-state index contributed by atoms with van der Waals surface area (Å²) in [6.07, 6.45) is 0.800. The maximum absolute atomic E-state index is 13.8. The van der Waals surface area contributed by atoms with Gasteiger partial charge in [0.15, 0.2) is 0 Å². The van der Waals surface area contributed by atoms with Gasteiger partial charge < -0.3 is 19.3 Å². The summed E-state index contributed by atoms with van der Waals surface area (Å²) in [4.78, 5) is 17.0. The van der Waals surface area contributed by atoms with Gasteiger partial charge in [-0.1, -0.05) is 41.9 Å². The molecule has 0 aliphatic carbocycles. The Hall–Kier alpha value is -3.43. The van der Waals surface area contributed by atoms with Crippen LogP contribution in [0, 0.1) is 0 Å². The molecule has 200 valence electrons. The number of hydrogen-bond donors (Lipinski definition) is 0. The van der Waals surface area contributed by atoms with Gasteiger partial charge in [-0.3, -0.25) is 4.31 Å². The highest BCUT2D eigenvalue weighted by Crippen LogP contribution is 2.36. The number of hydrogen-bond acceptors (Lipinski definition) is 6. The Morgan fingerprint density at radius 2 is 1.58 bits per heavy atom. The summed E-state index contributed by atoms with van der Waals surface area (Å²) >= 11 is 5.99. The number of benzene rings is 3. The molecule has 10 heteroatoms. The van der Waals surface area contributed by atoms with E-state index in [0.717, 1.165) is 17.0 Å². The number of rotatable bonds is 6. The summed E-state index contributed by atoms with van der Waals surface area (Å²) in [7, 11) is -2.26. The van der Waals surface area contributed by atoms with Crippen molar-refractivity contribution >= 4 is 39.1 Å². The van der Waals surface area contributed by atoms with E-state index in [0.29, 0.717) is 49.7 Å². The number of anilines is 2. The predicted molar refractivity (Wildman–Crippen MR) is 148 cm³/mol. The van der Waals surface area contributed by atoms with Gasteiger partial charge in [0.25, 0.3) is 10.0 Å². The normalized spacial score (nSPS) is 17.6. The third kappa shape index (κ3) is 5.26. The van der Waals surface area contributed by atoms with Crippen molar-refractivity contribution in [2.45, 2.75) is 23.8 Å². The number of carbonyl (C=O) groups excluding carboxylic acids is 1. The zero-order valence-corrected chi connectivity index (χ0v) is 22.7. The number of carbonyl (C=O) groups is 1. The maximum atomic E-state index is 13.8. The van der Waals surface area contributed by atoms with E-state index in [2.05, 4.69) is 4.90 Å². The number of sulfonamides is 1. The fourth-order valence-corrected chi connectivity index (χ4v) is 6.88. The quantitative estimate of drug-likeness (QED) is 0.434. The van der Waals surface area contributed by atoms with Gasteiger partial charge >= 0.3 is 6.09 Å². The highest BCUT2D eigenvalue weighted by Gasteiger charge is 2.37. The molecule has 0 radical (unpaired) electrons. The van der Waals surface area contributed by atoms with Crippen molar-refractivity contribution in [2.24, 2.45) is 0 Å². The Morgan fingerprint density at radius 3 is 2.29 bits per heavy atom. The molecule has 1 fully saturated rings. The fraction of sp³-hybridized carbons (Fsp3) is 0.321. The number of nitrogens with zero attached hydrogens (tertiary/aromatic N) is 3. The minimum atomic E-state index is -3.91. The molecule has 0 saturated carbocycles. The molecule has 0 aromatic heterocycles. The van der Waals surface area contributed by atoms with Crippen LogP contribution in [0.15, 0.2) is 77.7 Å². The first-order chi connectivity index (χ1) is 18.4. The van der Waals surface area contributed by atoms with Gasteiger partial charge in [0, 0.05) is 31.2 Å². The lowest BCUT2D eigenvalue weighted by atomic mass is 9.98. The zero-order valence-electron chi connectivity index (χ0n) is 21.1. The van der Waals surface area contributed by atoms with Crippen LogP contribution in [0.3, 0.4) is 0 Å². The number of aryl methyl sites for hydroxylation is 1. The highest BCUT2D eigenvalue weighted by molar-refractivity contribution is 7.92. The second-order valence-electron chi connectivity index (χ2n) is 9.30. The maximum Gasteiger partial charge on any atom is 0.409 e. The molecule has 0 bridgehead atoms. The molecule has 0 N–H and O–H groups in total. The van der Waals surface area contributed by atoms with Crippen molar-refractivity contribution in [1.82, 2.24) is 4.90 Å². The van der Waals surface area contributed by atoms with Crippen molar-refractivity contribution in [3.05, 3.63) is 83.4 Å². The number of piperazine rings is 1. The van der Waals surface area contributed by atoms with E-state index >= 15 is 0 Å². The van der Waals surface area contributed by atoms with Gasteiger partial charge in [-0.2, -0.15) is 0 Å². The molecule has 5 rings (SSSR count). The van der Waals surface area contributed by atoms with E-state index in [1.165, 1.54) is 16.4 Å². The summed E-state index contributed by atoms with van der Waals surface area (Å²) < 4.78 is 40.1. The van der Waals surface area contributed by atoms with Crippen LogP contribution in [-0.4, -0.2) is 65.3 Å². The summed E-state index contributed by atoms with van der Waals surface area (Å²) in [5.74, 6) is 0.795. The third-order valence-corrected chi connectivity index (χ3v) is 9.17. The topological polar surface area (TPSA) is 79.4 Å². The summed E-state index contributed by atoms with van der Waals surface area (Å²) in [5.41, 5.74) is 2.55. The van der Waals surface area contributed by atoms with Crippen molar-refractivity contribution in [3.8, 4) is 5.75 Å². The molecule has 1 unspecified atom stereocenters. The lowest BCUT2D eigenvalue weighted by Gasteiger charge is -2.38. The Kier molecular flexibility index (Phi) is 7.67. The van der Waals surface area contributed by atoms with Crippen LogP contribution < -0.4 is 13.9 Å². The molecule has 3 aromatic carbocycles. The smallest absolute Gasteiger partial charge is 0.409 e. The number of amides is 1. The van der Waals surface area contributed by atoms with Crippen LogP contribution in [-0.2, 0) is 21.2 Å². The summed E-state index contributed by atoms with van der Waals surface area (Å²) in [6, 6.07) is 20.9. The first kappa shape index (κ1) is 26.2. The number of para-hydroxylation sites is 3. The standard InChI is InChI=1S/C28H30ClN3O5S/c1-36-27-9-5-4-8-26(27)30-16-18-31(19-17-30)28(33)37-20-23-13-10-21-6-2-3-7-25(21)32(23)38(34,35)24-14-11-22(29)12-15-24/h2-9,11-12,14-15,23H,10,13,16-20H2,1H3. The molecule has 3 aromatic rings. The minimum absolute atomic E-state index is 0.0350. The molecule has 2 heterocycles. The molecular weight excluding hydrogens is 526 g/mol. The number of methoxy groups -OCH3 is 1. The molecule has 2 aliphatic rings. The van der Waals surface area contributed by atoms with Gasteiger partial charge in [0.1, 0.15) is 12.4 Å². The molecule has 0 spiro atoms. The monoisotopic (exact) mass is 555 g/mol. The number of ether oxygens (including phenoxy) is 2. The molecular formula is C28H30ClN3O5S. The first-order valence-electron chi connectivity index (χ1n) is 12.6. The van der Waals surface area contributed by atoms with E-state index in [1.807, 2.05) is 42.5 Å². The van der Waals surface area contributed by atoms with Gasteiger partial charge in [0.2, 0.25) is 0 Å². The lowest BCUT2D eigenvalue weighted by Crippen LogP contribution is -2.50. The van der Waals surface area contributed by atoms with Gasteiger partial charge in [-0.25, -0.2) is 13.2 Å². The Labute approximate surface area is 228 Å². The first-order valence-corrected chi connectivity index (χ1v) is 14.4. The molecule has 8 nitrogen and oxygen atoms in total. The van der Waals surface area contributed by atoms with E-state index in [4.69, 9.17) is 21.1 Å². The van der Waals surface area contributed by atoms with E-state index in [1.54, 1.807) is 30.2 Å². The molecule has 1 saturated heterocycles. The second-order valence-corrected chi connectivity index (χ2v) is 11.6. The van der Waals surface area contributed by atoms with Crippen molar-refractivity contribution in [1.29, 1.82) is 0 Å². The van der Waals surface area contributed by atoms with Crippen molar-refractivity contribution in [3.63, 3.8) is 0 Å². The highest BCUT2D eigenvalue weighted by atomic mass is 35.5. The van der Waals surface area contributed by atoms with Crippen molar-refractivity contribution in [2.75, 3.05) is 49.1 Å². The van der Waals surface area contributed by atoms with Gasteiger partial charge in [0.05, 0.1) is 29.4 Å². The SMILES string of the molecule is COc1ccccc1N1CCN(C(=O)OCC2CCc3ccccc3N2S(=O)(=O)c2ccc(Cl)cc2)CC1. The minimum Gasteiger partial charge on any atom is -0.495 e.